The molecular weight excluding hydrogens is 888 g/mol. The van der Waals surface area contributed by atoms with Crippen LogP contribution < -0.4 is 42.3 Å². The number of fused-ring (bicyclic) bond motifs is 8. The molecule has 2 nitrogen and oxygen atoms in total. The van der Waals surface area contributed by atoms with Crippen molar-refractivity contribution >= 4 is 78.5 Å². The van der Waals surface area contributed by atoms with E-state index < -0.39 is 30.2 Å². The van der Waals surface area contributed by atoms with Crippen LogP contribution >= 0.6 is 0 Å². The van der Waals surface area contributed by atoms with Gasteiger partial charge >= 0.3 is 12.4 Å². The van der Waals surface area contributed by atoms with Crippen LogP contribution in [0.25, 0.3) is 76.8 Å². The molecule has 0 atom stereocenters. The number of halogens is 6. The fraction of sp³-hybridized carbons (Fsp3) is 0.133. The predicted octanol–water partition coefficient (Wildman–Crippen LogP) is 13.0. The van der Waals surface area contributed by atoms with Gasteiger partial charge in [-0.2, -0.15) is 26.3 Å². The van der Waals surface area contributed by atoms with Crippen molar-refractivity contribution in [2.75, 3.05) is 0 Å². The number of rotatable bonds is 2. The molecule has 0 N–H and O–H groups in total. The van der Waals surface area contributed by atoms with Crippen LogP contribution in [0.2, 0.25) is 0 Å². The SMILES string of the molecule is Cc1ccc2c(c1)Oc1cc(C)cc3c1B2c1cc2c(-c4c(C)cccc4C)cc4c5c(cc6c(-c7c(C)cccc7C)cc-3c1c6c25)B1c2ccc(C(F)(F)F)cc2Oc2cc(C(F)(F)F)cc-4c21. The zero-order valence-electron chi connectivity index (χ0n) is 38.8. The second-order valence-electron chi connectivity index (χ2n) is 20.0. The van der Waals surface area contributed by atoms with Crippen LogP contribution in [0.5, 0.6) is 23.0 Å². The second-order valence-corrected chi connectivity index (χ2v) is 20.0. The third-order valence-electron chi connectivity index (χ3n) is 15.8. The highest BCUT2D eigenvalue weighted by Crippen LogP contribution is 2.53. The van der Waals surface area contributed by atoms with Gasteiger partial charge in [-0.1, -0.05) is 89.8 Å². The van der Waals surface area contributed by atoms with Gasteiger partial charge in [-0.25, -0.2) is 0 Å². The molecule has 10 aromatic carbocycles. The standard InChI is InChI=1S/C60H38B2F6O2/c1-27-13-15-43-47(18-27)69-49-19-28(2)17-41-37-23-35(51-29(3)9-7-10-30(51)4)39-26-46-54-38(24-36(52-31(5)11-8-12-32(52)6)40-25-45(61(43)57(41)49)53(37)55(39)56(40)54)42-20-34(60(66,67)68)22-50-58(42)62(46)44-16-14-33(59(63,64)65)21-48(44)70-50/h7-26H,1-6H3. The summed E-state index contributed by atoms with van der Waals surface area (Å²) in [5.41, 5.74) is 16.4. The third kappa shape index (κ3) is 5.45. The maximum absolute atomic E-state index is 15.2. The van der Waals surface area contributed by atoms with Crippen LogP contribution in [0, 0.1) is 41.5 Å². The van der Waals surface area contributed by atoms with E-state index in [1.165, 1.54) is 12.1 Å². The minimum atomic E-state index is -4.79. The van der Waals surface area contributed by atoms with Gasteiger partial charge in [0.1, 0.15) is 23.0 Å². The quantitative estimate of drug-likeness (QED) is 0.0977. The highest BCUT2D eigenvalue weighted by Gasteiger charge is 2.46. The largest absolute Gasteiger partial charge is 0.458 e. The summed E-state index contributed by atoms with van der Waals surface area (Å²) < 4.78 is 102. The van der Waals surface area contributed by atoms with E-state index in [-0.39, 0.29) is 18.2 Å². The molecule has 0 spiro atoms. The molecule has 70 heavy (non-hydrogen) atoms. The molecule has 0 saturated carbocycles. The van der Waals surface area contributed by atoms with Gasteiger partial charge in [0.05, 0.1) is 11.1 Å². The number of benzene rings is 10. The van der Waals surface area contributed by atoms with Gasteiger partial charge < -0.3 is 9.47 Å². The Kier molecular flexibility index (Phi) is 8.10. The first kappa shape index (κ1) is 41.5. The molecule has 4 aliphatic heterocycles. The maximum Gasteiger partial charge on any atom is 0.416 e. The normalized spacial score (nSPS) is 13.9. The molecule has 0 saturated heterocycles. The van der Waals surface area contributed by atoms with Crippen LogP contribution in [0.15, 0.2) is 121 Å². The molecule has 0 fully saturated rings. The summed E-state index contributed by atoms with van der Waals surface area (Å²) in [6.07, 6.45) is -9.50. The summed E-state index contributed by atoms with van der Waals surface area (Å²) in [6.45, 7) is 11.5. The van der Waals surface area contributed by atoms with Gasteiger partial charge in [0.2, 0.25) is 0 Å². The molecule has 0 radical (unpaired) electrons. The monoisotopic (exact) mass is 926 g/mol. The van der Waals surface area contributed by atoms with Gasteiger partial charge in [-0.3, -0.25) is 0 Å². The van der Waals surface area contributed by atoms with E-state index in [1.807, 2.05) is 6.07 Å². The maximum atomic E-state index is 15.2. The molecule has 10 heteroatoms. The zero-order valence-corrected chi connectivity index (χ0v) is 38.8. The fourth-order valence-corrected chi connectivity index (χ4v) is 13.0. The molecule has 10 aromatic rings. The molecular formula is C60H38B2F6O2. The van der Waals surface area contributed by atoms with E-state index in [0.717, 1.165) is 151 Å². The average molecular weight is 927 g/mol. The van der Waals surface area contributed by atoms with E-state index >= 15 is 13.2 Å². The lowest BCUT2D eigenvalue weighted by Crippen LogP contribution is -2.58. The van der Waals surface area contributed by atoms with Gasteiger partial charge in [-0.05, 0) is 216 Å². The second kappa shape index (κ2) is 13.7. The Morgan fingerprint density at radius 3 is 1.31 bits per heavy atom. The first-order chi connectivity index (χ1) is 33.4. The summed E-state index contributed by atoms with van der Waals surface area (Å²) in [6, 6.07) is 37.8. The lowest BCUT2D eigenvalue weighted by molar-refractivity contribution is -0.138. The Morgan fingerprint density at radius 2 is 0.800 bits per heavy atom. The highest BCUT2D eigenvalue weighted by atomic mass is 19.4. The topological polar surface area (TPSA) is 18.5 Å². The number of alkyl halides is 6. The van der Waals surface area contributed by atoms with E-state index in [1.54, 1.807) is 0 Å². The van der Waals surface area contributed by atoms with Crippen molar-refractivity contribution in [2.24, 2.45) is 0 Å². The van der Waals surface area contributed by atoms with Crippen LogP contribution in [0.4, 0.5) is 26.3 Å². The predicted molar refractivity (Wildman–Crippen MR) is 273 cm³/mol. The Labute approximate surface area is 400 Å². The Morgan fingerprint density at radius 1 is 0.357 bits per heavy atom. The van der Waals surface area contributed by atoms with Crippen LogP contribution in [0.3, 0.4) is 0 Å². The van der Waals surface area contributed by atoms with Crippen molar-refractivity contribution in [3.63, 3.8) is 0 Å². The van der Waals surface area contributed by atoms with Crippen molar-refractivity contribution in [3.05, 3.63) is 166 Å². The minimum Gasteiger partial charge on any atom is -0.458 e. The van der Waals surface area contributed by atoms with E-state index in [9.17, 15) is 13.2 Å². The highest BCUT2D eigenvalue weighted by molar-refractivity contribution is 7.01. The zero-order chi connectivity index (χ0) is 48.2. The Hall–Kier alpha value is -7.45. The molecule has 0 bridgehead atoms. The summed E-state index contributed by atoms with van der Waals surface area (Å²) in [7, 11) is 0. The molecule has 0 aliphatic carbocycles. The van der Waals surface area contributed by atoms with Crippen LogP contribution in [-0.4, -0.2) is 13.4 Å². The van der Waals surface area contributed by atoms with Gasteiger partial charge in [-0.15, -0.1) is 0 Å². The van der Waals surface area contributed by atoms with E-state index in [2.05, 4.69) is 126 Å². The van der Waals surface area contributed by atoms with Crippen molar-refractivity contribution < 1.29 is 35.8 Å². The number of hydrogen-bond donors (Lipinski definition) is 0. The Balaban J connectivity index is 1.25. The van der Waals surface area contributed by atoms with Gasteiger partial charge in [0, 0.05) is 0 Å². The molecule has 0 unspecified atom stereocenters. The summed E-state index contributed by atoms with van der Waals surface area (Å²) in [5, 5.41) is 5.66. The van der Waals surface area contributed by atoms with Crippen molar-refractivity contribution in [3.8, 4) is 67.5 Å². The van der Waals surface area contributed by atoms with Crippen LogP contribution in [0.1, 0.15) is 44.5 Å². The van der Waals surface area contributed by atoms with Crippen LogP contribution in [-0.2, 0) is 12.4 Å². The lowest BCUT2D eigenvalue weighted by atomic mass is 9.31. The smallest absolute Gasteiger partial charge is 0.416 e. The van der Waals surface area contributed by atoms with Crippen molar-refractivity contribution in [1.29, 1.82) is 0 Å². The molecule has 0 aromatic heterocycles. The molecule has 14 rings (SSSR count). The molecule has 4 aliphatic rings. The van der Waals surface area contributed by atoms with Gasteiger partial charge in [0.15, 0.2) is 0 Å². The summed E-state index contributed by atoms with van der Waals surface area (Å²) in [5.74, 6) is 1.38. The van der Waals surface area contributed by atoms with E-state index in [4.69, 9.17) is 9.47 Å². The summed E-state index contributed by atoms with van der Waals surface area (Å²) >= 11 is 0. The number of hydrogen-bond acceptors (Lipinski definition) is 2. The molecule has 0 amide bonds. The minimum absolute atomic E-state index is 0.107. The van der Waals surface area contributed by atoms with Crippen molar-refractivity contribution in [1.82, 2.24) is 0 Å². The van der Waals surface area contributed by atoms with E-state index in [0.29, 0.717) is 22.1 Å². The third-order valence-corrected chi connectivity index (χ3v) is 15.8. The molecule has 338 valence electrons. The lowest BCUT2D eigenvalue weighted by Gasteiger charge is -2.38. The number of ether oxygens (including phenoxy) is 2. The number of aryl methyl sites for hydroxylation is 6. The Bertz CT molecular complexity index is 4030. The average Bonchev–Trinajstić information content (AvgIpc) is 3.30. The fourth-order valence-electron chi connectivity index (χ4n) is 13.0. The van der Waals surface area contributed by atoms with Crippen molar-refractivity contribution in [2.45, 2.75) is 53.9 Å². The first-order valence-corrected chi connectivity index (χ1v) is 23.5. The summed E-state index contributed by atoms with van der Waals surface area (Å²) in [4.78, 5) is 0. The first-order valence-electron chi connectivity index (χ1n) is 23.5. The molecule has 4 heterocycles. The van der Waals surface area contributed by atoms with Gasteiger partial charge in [0.25, 0.3) is 13.4 Å².